The molecule has 13 rings (SSSR count). The fourth-order valence-electron chi connectivity index (χ4n) is 11.2. The van der Waals surface area contributed by atoms with E-state index in [0.29, 0.717) is 0 Å². The van der Waals surface area contributed by atoms with Crippen LogP contribution in [0.4, 0.5) is 4.79 Å². The lowest BCUT2D eigenvalue weighted by Crippen LogP contribution is -2.55. The van der Waals surface area contributed by atoms with Crippen molar-refractivity contribution in [1.29, 1.82) is 0 Å². The Bertz CT molecular complexity index is 4380. The number of aromatic hydroxyl groups is 5. The Hall–Kier alpha value is -10.9. The molecule has 0 spiro atoms. The summed E-state index contributed by atoms with van der Waals surface area (Å²) in [5.74, 6) is -13.5. The predicted molar refractivity (Wildman–Crippen MR) is 339 cm³/mol. The zero-order valence-electron chi connectivity index (χ0n) is 50.7. The summed E-state index contributed by atoms with van der Waals surface area (Å²) in [4.78, 5) is 120. The van der Waals surface area contributed by atoms with Crippen molar-refractivity contribution in [1.82, 2.24) is 37.2 Å². The third-order valence-electron chi connectivity index (χ3n) is 15.6. The van der Waals surface area contributed by atoms with Crippen LogP contribution in [0.1, 0.15) is 96.0 Å². The zero-order valence-corrected chi connectivity index (χ0v) is 53.0. The number of benzene rings is 7. The van der Waals surface area contributed by atoms with E-state index in [9.17, 15) is 49.8 Å². The molecule has 0 saturated heterocycles. The van der Waals surface area contributed by atoms with Gasteiger partial charge < -0.3 is 96.3 Å². The molecule has 8 atom stereocenters. The number of alkyl carbamates (subject to hydrolysis) is 1. The van der Waals surface area contributed by atoms with E-state index in [1.165, 1.54) is 66.7 Å². The molecule has 0 aromatic heterocycles. The van der Waals surface area contributed by atoms with Gasteiger partial charge in [0.05, 0.1) is 23.0 Å². The summed E-state index contributed by atoms with van der Waals surface area (Å²) in [6, 6.07) is 8.76. The molecule has 17 bridgehead atoms. The van der Waals surface area contributed by atoms with Crippen molar-refractivity contribution < 1.29 is 97.4 Å². The van der Waals surface area contributed by atoms with E-state index < -0.39 is 142 Å². The third-order valence-corrected chi connectivity index (χ3v) is 16.3. The van der Waals surface area contributed by atoms with Crippen LogP contribution in [-0.2, 0) is 49.5 Å². The number of alkyl halides is 1. The minimum absolute atomic E-state index is 0.000848. The average Bonchev–Trinajstić information content (AvgIpc) is 0.777. The number of carbonyl (C=O) groups is 8. The fourth-order valence-corrected chi connectivity index (χ4v) is 11.7. The molecule has 0 aliphatic carbocycles. The molecular formula is C66H58Cl3N7O20. The zero-order chi connectivity index (χ0) is 68.8. The summed E-state index contributed by atoms with van der Waals surface area (Å²) < 4.78 is 36.0. The van der Waals surface area contributed by atoms with Crippen LogP contribution < -0.4 is 56.2 Å². The number of halogens is 3. The first-order valence-electron chi connectivity index (χ1n) is 29.3. The third kappa shape index (κ3) is 14.0. The number of carbonyl (C=O) groups excluding carboxylic acids is 8. The minimum Gasteiger partial charge on any atom is -0.508 e. The van der Waals surface area contributed by atoms with Crippen LogP contribution in [0.2, 0.25) is 10.0 Å². The number of methoxy groups -OCH3 is 1. The highest BCUT2D eigenvalue weighted by molar-refractivity contribution is 6.32. The van der Waals surface area contributed by atoms with Gasteiger partial charge in [0, 0.05) is 35.2 Å². The molecule has 0 radical (unpaired) electrons. The summed E-state index contributed by atoms with van der Waals surface area (Å²) in [6.07, 6.45) is -3.59. The van der Waals surface area contributed by atoms with Gasteiger partial charge in [-0.05, 0) is 133 Å². The minimum atomic E-state index is -2.17. The van der Waals surface area contributed by atoms with E-state index in [1.807, 2.05) is 0 Å². The molecule has 0 fully saturated rings. The van der Waals surface area contributed by atoms with Crippen LogP contribution in [0.5, 0.6) is 69.0 Å². The Kier molecular flexibility index (Phi) is 18.6. The van der Waals surface area contributed by atoms with Crippen molar-refractivity contribution in [2.24, 2.45) is 0 Å². The van der Waals surface area contributed by atoms with Crippen LogP contribution in [0.15, 0.2) is 115 Å². The molecule has 13 N–H and O–H groups in total. The van der Waals surface area contributed by atoms with E-state index in [-0.39, 0.29) is 107 Å². The van der Waals surface area contributed by atoms with E-state index in [0.717, 1.165) is 55.6 Å². The normalized spacial score (nSPS) is 20.9. The number of rotatable bonds is 5. The molecule has 6 aliphatic rings. The van der Waals surface area contributed by atoms with Gasteiger partial charge in [0.15, 0.2) is 29.0 Å². The Morgan fingerprint density at radius 2 is 1.17 bits per heavy atom. The lowest BCUT2D eigenvalue weighted by atomic mass is 9.89. The number of nitrogens with one attached hydrogen (secondary N) is 7. The maximum Gasteiger partial charge on any atom is 0.408 e. The fraction of sp³-hybridized carbons (Fsp3) is 0.242. The second-order valence-corrected chi connectivity index (χ2v) is 24.6. The summed E-state index contributed by atoms with van der Waals surface area (Å²) in [5.41, 5.74) is -2.86. The number of aliphatic hydroxyl groups excluding tert-OH is 1. The van der Waals surface area contributed by atoms with Gasteiger partial charge in [0.2, 0.25) is 41.2 Å². The number of ether oxygens (including phenoxy) is 6. The standard InChI is InChI=1S/C66H58Cl3N7O20/c1-66(2,3)96-65(90)76-51-29-7-10-42(80)46(21-29)93-35-18-31(17-33(77)24-35)52-61(86)73-53-32-22-47(94-44-11-5-27(15-38(44)68)16-40(58(83)71-52)70-59(51)84)57(92-14-13-67)48(23-32)95-45-12-8-30(20-39(45)69)56(82)55-63(88)74-54(64(89)91-4)37-25-34(78)26-43(81)49(37)36-19-28(6-9-41(36)79)50(60(85)75-55)72-62(53)87/h5-12,15,17-26,40,50-56,77-82H,13-14,16H2,1-4H3,(H,70,84)(H,71,83)(H,72,87)(H,73,86)(H,74,88)(H,75,85)(H,76,90)/t40-,50-,51-,52+,53-,54-,55+,56-/m1/s1. The molecule has 27 nitrogen and oxygen atoms in total. The van der Waals surface area contributed by atoms with E-state index >= 15 is 19.2 Å². The average molecular weight is 1380 g/mol. The van der Waals surface area contributed by atoms with Crippen molar-refractivity contribution in [3.63, 3.8) is 0 Å². The largest absolute Gasteiger partial charge is 0.508 e. The van der Waals surface area contributed by atoms with Gasteiger partial charge in [-0.25, -0.2) is 9.59 Å². The summed E-state index contributed by atoms with van der Waals surface area (Å²) in [7, 11) is 0.967. The van der Waals surface area contributed by atoms with Crippen LogP contribution in [0.25, 0.3) is 11.1 Å². The highest BCUT2D eigenvalue weighted by Gasteiger charge is 2.42. The van der Waals surface area contributed by atoms with Crippen molar-refractivity contribution >= 4 is 82.3 Å². The van der Waals surface area contributed by atoms with Crippen LogP contribution in [0.3, 0.4) is 0 Å². The molecular weight excluding hydrogens is 1320 g/mol. The molecule has 7 aromatic carbocycles. The smallest absolute Gasteiger partial charge is 0.408 e. The summed E-state index contributed by atoms with van der Waals surface area (Å²) in [6.45, 7) is 4.50. The highest BCUT2D eigenvalue weighted by Crippen LogP contribution is 2.49. The lowest BCUT2D eigenvalue weighted by molar-refractivity contribution is -0.146. The molecule has 0 saturated carbocycles. The first kappa shape index (κ1) is 66.6. The Morgan fingerprint density at radius 1 is 0.573 bits per heavy atom. The van der Waals surface area contributed by atoms with E-state index in [4.69, 9.17) is 63.2 Å². The summed E-state index contributed by atoms with van der Waals surface area (Å²) in [5, 5.41) is 86.7. The number of phenolic OH excluding ortho intramolecular Hbond substituents is 5. The van der Waals surface area contributed by atoms with Crippen LogP contribution in [0, 0.1) is 0 Å². The second-order valence-electron chi connectivity index (χ2n) is 23.4. The van der Waals surface area contributed by atoms with Crippen molar-refractivity contribution in [3.8, 4) is 80.1 Å². The molecule has 6 heterocycles. The Balaban J connectivity index is 1.15. The lowest BCUT2D eigenvalue weighted by Gasteiger charge is -2.31. The van der Waals surface area contributed by atoms with Gasteiger partial charge in [-0.3, -0.25) is 28.8 Å². The van der Waals surface area contributed by atoms with Crippen LogP contribution >= 0.6 is 34.8 Å². The number of esters is 1. The number of hydrogen-bond acceptors (Lipinski definition) is 20. The summed E-state index contributed by atoms with van der Waals surface area (Å²) >= 11 is 20.3. The van der Waals surface area contributed by atoms with Crippen molar-refractivity contribution in [2.75, 3.05) is 19.6 Å². The van der Waals surface area contributed by atoms with Crippen LogP contribution in [-0.4, -0.2) is 115 Å². The molecule has 6 aliphatic heterocycles. The number of phenols is 5. The predicted octanol–water partition coefficient (Wildman–Crippen LogP) is 7.55. The molecule has 7 aromatic rings. The molecule has 30 heteroatoms. The highest BCUT2D eigenvalue weighted by atomic mass is 35.5. The maximum atomic E-state index is 16.0. The van der Waals surface area contributed by atoms with Gasteiger partial charge in [0.1, 0.15) is 94.8 Å². The van der Waals surface area contributed by atoms with Crippen molar-refractivity contribution in [2.45, 2.75) is 81.2 Å². The van der Waals surface area contributed by atoms with E-state index in [2.05, 4.69) is 37.2 Å². The number of hydrogen-bond donors (Lipinski definition) is 13. The van der Waals surface area contributed by atoms with Gasteiger partial charge in [-0.2, -0.15) is 0 Å². The first-order chi connectivity index (χ1) is 45.6. The monoisotopic (exact) mass is 1370 g/mol. The first-order valence-corrected chi connectivity index (χ1v) is 30.5. The van der Waals surface area contributed by atoms with Gasteiger partial charge in [-0.15, -0.1) is 11.6 Å². The topological polar surface area (TPSA) is 398 Å². The number of amides is 7. The maximum absolute atomic E-state index is 16.0. The molecule has 0 unspecified atom stereocenters. The Labute approximate surface area is 559 Å². The van der Waals surface area contributed by atoms with Gasteiger partial charge >= 0.3 is 12.1 Å². The van der Waals surface area contributed by atoms with Crippen molar-refractivity contribution in [3.05, 3.63) is 164 Å². The van der Waals surface area contributed by atoms with E-state index in [1.54, 1.807) is 20.8 Å². The molecule has 7 amide bonds. The Morgan fingerprint density at radius 3 is 1.82 bits per heavy atom. The second kappa shape index (κ2) is 26.9. The quantitative estimate of drug-likeness (QED) is 0.0584. The number of aliphatic hydroxyl groups is 1. The molecule has 498 valence electrons. The van der Waals surface area contributed by atoms with Gasteiger partial charge in [0.25, 0.3) is 0 Å². The number of fused-ring (bicyclic) bond motifs is 14. The molecule has 96 heavy (non-hydrogen) atoms. The SMILES string of the molecule is COC(=O)[C@@H]1NC(=O)[C@H]2NC(=O)[C@H](NC(=O)[C@@H]3NC(=O)[C@H]4NC(=O)[C@@H](Cc5ccc(c(Cl)c5)Oc5cc3cc(c5OCCCl)Oc3ccc(cc3Cl)[C@H]2O)NC(=O)[C@H](NC(=O)OC(C)(C)C)c2ccc(O)c(c2)Oc2cc(O)cc4c2)c2ccc(O)c(c2)-c2c(O)cc(O)cc21. The van der Waals surface area contributed by atoms with Gasteiger partial charge in [-0.1, -0.05) is 47.5 Å².